The van der Waals surface area contributed by atoms with Crippen LogP contribution < -0.4 is 10.1 Å². The summed E-state index contributed by atoms with van der Waals surface area (Å²) in [7, 11) is 0. The van der Waals surface area contributed by atoms with Gasteiger partial charge in [-0.15, -0.1) is 0 Å². The molecule has 2 aromatic carbocycles. The van der Waals surface area contributed by atoms with Crippen LogP contribution in [0.5, 0.6) is 5.75 Å². The van der Waals surface area contributed by atoms with Crippen LogP contribution in [0.3, 0.4) is 0 Å². The Morgan fingerprint density at radius 1 is 1.03 bits per heavy atom. The van der Waals surface area contributed by atoms with Crippen LogP contribution in [0.4, 0.5) is 0 Å². The van der Waals surface area contributed by atoms with Crippen LogP contribution in [0.2, 0.25) is 0 Å². The summed E-state index contributed by atoms with van der Waals surface area (Å²) < 4.78 is 16.7. The molecule has 2 atom stereocenters. The topological polar surface area (TPSA) is 77.1 Å². The average molecular weight is 424 g/mol. The number of nitrogens with zero attached hydrogens (tertiary/aromatic N) is 1. The Bertz CT molecular complexity index is 859. The number of ether oxygens (including phenoxy) is 3. The highest BCUT2D eigenvalue weighted by molar-refractivity contribution is 5.98. The summed E-state index contributed by atoms with van der Waals surface area (Å²) in [6.07, 6.45) is 2.22. The molecule has 0 unspecified atom stereocenters. The minimum Gasteiger partial charge on any atom is -0.491 e. The van der Waals surface area contributed by atoms with Crippen molar-refractivity contribution in [3.05, 3.63) is 65.7 Å². The fraction of sp³-hybridized carbons (Fsp3) is 0.417. The molecular formula is C24H28N2O5. The number of amides is 2. The largest absolute Gasteiger partial charge is 0.491 e. The molecule has 0 spiro atoms. The molecule has 31 heavy (non-hydrogen) atoms. The number of hydrogen-bond acceptors (Lipinski definition) is 5. The molecule has 0 radical (unpaired) electrons. The molecule has 2 aromatic rings. The van der Waals surface area contributed by atoms with Gasteiger partial charge in [0.25, 0.3) is 5.91 Å². The Kier molecular flexibility index (Phi) is 7.17. The van der Waals surface area contributed by atoms with Gasteiger partial charge in [-0.3, -0.25) is 9.59 Å². The van der Waals surface area contributed by atoms with Gasteiger partial charge in [-0.1, -0.05) is 30.3 Å². The quantitative estimate of drug-likeness (QED) is 0.739. The molecular weight excluding hydrogens is 396 g/mol. The summed E-state index contributed by atoms with van der Waals surface area (Å²) in [5.41, 5.74) is 1.23. The lowest BCUT2D eigenvalue weighted by Gasteiger charge is -2.31. The molecule has 164 valence electrons. The van der Waals surface area contributed by atoms with Crippen molar-refractivity contribution in [2.45, 2.75) is 25.0 Å². The maximum absolute atomic E-state index is 13.2. The maximum atomic E-state index is 13.2. The second-order valence-electron chi connectivity index (χ2n) is 7.73. The molecule has 4 rings (SSSR count). The van der Waals surface area contributed by atoms with Crippen LogP contribution in [-0.4, -0.2) is 62.3 Å². The molecule has 7 nitrogen and oxygen atoms in total. The van der Waals surface area contributed by atoms with Crippen LogP contribution in [0.25, 0.3) is 0 Å². The van der Waals surface area contributed by atoms with Gasteiger partial charge in [0, 0.05) is 25.3 Å². The average Bonchev–Trinajstić information content (AvgIpc) is 3.36. The fourth-order valence-electron chi connectivity index (χ4n) is 3.78. The first-order valence-corrected chi connectivity index (χ1v) is 10.8. The Morgan fingerprint density at radius 2 is 1.77 bits per heavy atom. The van der Waals surface area contributed by atoms with Gasteiger partial charge in [-0.2, -0.15) is 0 Å². The summed E-state index contributed by atoms with van der Waals surface area (Å²) in [6, 6.07) is 15.5. The van der Waals surface area contributed by atoms with Gasteiger partial charge in [0.1, 0.15) is 18.4 Å². The Balaban J connectivity index is 1.42. The molecule has 0 aromatic heterocycles. The summed E-state index contributed by atoms with van der Waals surface area (Å²) >= 11 is 0. The molecule has 2 aliphatic heterocycles. The molecule has 2 heterocycles. The number of rotatable bonds is 7. The minimum absolute atomic E-state index is 0.126. The SMILES string of the molecule is O=C(N[C@@H](C(=O)N1CCOCC1)c1ccccc1)c1ccc(OC[C@H]2CCCO2)cc1. The van der Waals surface area contributed by atoms with Crippen molar-refractivity contribution in [3.63, 3.8) is 0 Å². The molecule has 0 bridgehead atoms. The standard InChI is InChI=1S/C24H28N2O5/c27-23(19-8-10-20(11-9-19)31-17-21-7-4-14-30-21)25-22(18-5-2-1-3-6-18)24(28)26-12-15-29-16-13-26/h1-3,5-6,8-11,21-22H,4,7,12-17H2,(H,25,27)/t21-,22-/m1/s1. The van der Waals surface area contributed by atoms with Gasteiger partial charge in [-0.05, 0) is 42.7 Å². The van der Waals surface area contributed by atoms with E-state index >= 15 is 0 Å². The normalized spacial score (nSPS) is 19.6. The summed E-state index contributed by atoms with van der Waals surface area (Å²) in [4.78, 5) is 27.8. The molecule has 0 aliphatic carbocycles. The second kappa shape index (κ2) is 10.4. The zero-order valence-electron chi connectivity index (χ0n) is 17.5. The number of carbonyl (C=O) groups is 2. The minimum atomic E-state index is -0.748. The first-order chi connectivity index (χ1) is 15.2. The van der Waals surface area contributed by atoms with Gasteiger partial charge in [0.15, 0.2) is 0 Å². The van der Waals surface area contributed by atoms with E-state index in [4.69, 9.17) is 14.2 Å². The van der Waals surface area contributed by atoms with Crippen LogP contribution in [0.15, 0.2) is 54.6 Å². The van der Waals surface area contributed by atoms with E-state index in [1.807, 2.05) is 30.3 Å². The van der Waals surface area contributed by atoms with E-state index in [2.05, 4.69) is 5.32 Å². The number of nitrogens with one attached hydrogen (secondary N) is 1. The van der Waals surface area contributed by atoms with Crippen molar-refractivity contribution in [1.29, 1.82) is 0 Å². The zero-order chi connectivity index (χ0) is 21.5. The number of morpholine rings is 1. The van der Waals surface area contributed by atoms with E-state index in [1.54, 1.807) is 29.2 Å². The summed E-state index contributed by atoms with van der Waals surface area (Å²) in [5, 5.41) is 2.91. The highest BCUT2D eigenvalue weighted by atomic mass is 16.5. The predicted octanol–water partition coefficient (Wildman–Crippen LogP) is 2.57. The van der Waals surface area contributed by atoms with Gasteiger partial charge < -0.3 is 24.4 Å². The molecule has 7 heteroatoms. The smallest absolute Gasteiger partial charge is 0.252 e. The predicted molar refractivity (Wildman–Crippen MR) is 115 cm³/mol. The lowest BCUT2D eigenvalue weighted by atomic mass is 10.0. The van der Waals surface area contributed by atoms with Crippen molar-refractivity contribution in [2.24, 2.45) is 0 Å². The molecule has 2 saturated heterocycles. The van der Waals surface area contributed by atoms with E-state index in [0.717, 1.165) is 25.0 Å². The van der Waals surface area contributed by atoms with E-state index in [1.165, 1.54) is 0 Å². The summed E-state index contributed by atoms with van der Waals surface area (Å²) in [5.74, 6) is 0.261. The Hall–Kier alpha value is -2.90. The van der Waals surface area contributed by atoms with Gasteiger partial charge in [0.05, 0.1) is 19.3 Å². The lowest BCUT2D eigenvalue weighted by Crippen LogP contribution is -2.47. The van der Waals surface area contributed by atoms with Crippen LogP contribution in [0, 0.1) is 0 Å². The van der Waals surface area contributed by atoms with Gasteiger partial charge in [-0.25, -0.2) is 0 Å². The monoisotopic (exact) mass is 424 g/mol. The lowest BCUT2D eigenvalue weighted by molar-refractivity contribution is -0.137. The molecule has 0 saturated carbocycles. The number of benzene rings is 2. The Morgan fingerprint density at radius 3 is 2.45 bits per heavy atom. The molecule has 2 amide bonds. The van der Waals surface area contributed by atoms with Crippen molar-refractivity contribution in [1.82, 2.24) is 10.2 Å². The second-order valence-corrected chi connectivity index (χ2v) is 7.73. The third-order valence-corrected chi connectivity index (χ3v) is 5.55. The van der Waals surface area contributed by atoms with Gasteiger partial charge in [0.2, 0.25) is 5.91 Å². The third-order valence-electron chi connectivity index (χ3n) is 5.55. The van der Waals surface area contributed by atoms with E-state index in [-0.39, 0.29) is 17.9 Å². The first-order valence-electron chi connectivity index (χ1n) is 10.8. The number of carbonyl (C=O) groups excluding carboxylic acids is 2. The maximum Gasteiger partial charge on any atom is 0.252 e. The molecule has 1 N–H and O–H groups in total. The van der Waals surface area contributed by atoms with Crippen LogP contribution in [-0.2, 0) is 14.3 Å². The fourth-order valence-corrected chi connectivity index (χ4v) is 3.78. The highest BCUT2D eigenvalue weighted by Crippen LogP contribution is 2.20. The van der Waals surface area contributed by atoms with Crippen LogP contribution in [0.1, 0.15) is 34.8 Å². The van der Waals surface area contributed by atoms with E-state index in [9.17, 15) is 9.59 Å². The van der Waals surface area contributed by atoms with Crippen molar-refractivity contribution in [2.75, 3.05) is 39.5 Å². The third kappa shape index (κ3) is 5.62. The van der Waals surface area contributed by atoms with E-state index in [0.29, 0.717) is 44.2 Å². The molecule has 2 aliphatic rings. The first kappa shape index (κ1) is 21.3. The van der Waals surface area contributed by atoms with E-state index < -0.39 is 6.04 Å². The van der Waals surface area contributed by atoms with Crippen molar-refractivity contribution in [3.8, 4) is 5.75 Å². The summed E-state index contributed by atoms with van der Waals surface area (Å²) in [6.45, 7) is 3.36. The zero-order valence-corrected chi connectivity index (χ0v) is 17.5. The highest BCUT2D eigenvalue weighted by Gasteiger charge is 2.29. The van der Waals surface area contributed by atoms with Crippen molar-refractivity contribution < 1.29 is 23.8 Å². The van der Waals surface area contributed by atoms with Gasteiger partial charge >= 0.3 is 0 Å². The molecule has 2 fully saturated rings. The number of hydrogen-bond donors (Lipinski definition) is 1. The van der Waals surface area contributed by atoms with Crippen LogP contribution >= 0.6 is 0 Å². The van der Waals surface area contributed by atoms with Crippen molar-refractivity contribution >= 4 is 11.8 Å². The Labute approximate surface area is 182 Å².